The Morgan fingerprint density at radius 1 is 1.19 bits per heavy atom. The number of likely N-dealkylation sites (tertiary alicyclic amines) is 1. The van der Waals surface area contributed by atoms with Gasteiger partial charge in [0.25, 0.3) is 5.56 Å². The highest BCUT2D eigenvalue weighted by atomic mass is 16.5. The van der Waals surface area contributed by atoms with Gasteiger partial charge in [0.15, 0.2) is 6.73 Å². The van der Waals surface area contributed by atoms with Gasteiger partial charge in [-0.05, 0) is 25.0 Å². The van der Waals surface area contributed by atoms with Crippen molar-refractivity contribution in [2.75, 3.05) is 6.54 Å². The Bertz CT molecular complexity index is 903. The minimum atomic E-state index is -0.479. The lowest BCUT2D eigenvalue weighted by Crippen LogP contribution is -2.35. The van der Waals surface area contributed by atoms with Crippen LogP contribution >= 0.6 is 0 Å². The lowest BCUT2D eigenvalue weighted by molar-refractivity contribution is -0.152. The standard InChI is InChI=1S/C18H20N4O4/c23-16-9-12(10-21(16)13-5-1-2-6-13)18(25)26-11-22-17(24)14-7-3-4-8-15(14)19-20-22/h3-4,7-8,12-13H,1-2,5-6,9-11H2/t12-/m0/s1. The Morgan fingerprint density at radius 3 is 2.77 bits per heavy atom. The van der Waals surface area contributed by atoms with E-state index >= 15 is 0 Å². The van der Waals surface area contributed by atoms with Crippen LogP contribution in [0.1, 0.15) is 32.1 Å². The van der Waals surface area contributed by atoms with Gasteiger partial charge in [-0.15, -0.1) is 5.10 Å². The molecule has 8 heteroatoms. The molecule has 2 heterocycles. The minimum Gasteiger partial charge on any atom is -0.442 e. The third-order valence-corrected chi connectivity index (χ3v) is 5.22. The number of esters is 1. The molecule has 0 unspecified atom stereocenters. The minimum absolute atomic E-state index is 0.0153. The van der Waals surface area contributed by atoms with E-state index in [0.717, 1.165) is 30.4 Å². The first kappa shape index (κ1) is 16.7. The van der Waals surface area contributed by atoms with Gasteiger partial charge in [0.05, 0.1) is 11.3 Å². The van der Waals surface area contributed by atoms with Crippen molar-refractivity contribution in [3.63, 3.8) is 0 Å². The molecular formula is C18H20N4O4. The number of carbonyl (C=O) groups is 2. The molecule has 0 spiro atoms. The molecule has 0 bridgehead atoms. The number of fused-ring (bicyclic) bond motifs is 1. The monoisotopic (exact) mass is 356 g/mol. The molecule has 1 atom stereocenters. The van der Waals surface area contributed by atoms with E-state index in [1.54, 1.807) is 24.3 Å². The number of hydrogen-bond donors (Lipinski definition) is 0. The van der Waals surface area contributed by atoms with Crippen LogP contribution in [-0.2, 0) is 21.1 Å². The summed E-state index contributed by atoms with van der Waals surface area (Å²) >= 11 is 0. The zero-order valence-electron chi connectivity index (χ0n) is 14.3. The number of nitrogens with zero attached hydrogens (tertiary/aromatic N) is 4. The Balaban J connectivity index is 1.41. The molecule has 0 radical (unpaired) electrons. The van der Waals surface area contributed by atoms with Gasteiger partial charge in [0.2, 0.25) is 5.91 Å². The molecule has 0 N–H and O–H groups in total. The van der Waals surface area contributed by atoms with Crippen LogP contribution in [-0.4, -0.2) is 44.4 Å². The van der Waals surface area contributed by atoms with E-state index in [4.69, 9.17) is 4.74 Å². The average molecular weight is 356 g/mol. The summed E-state index contributed by atoms with van der Waals surface area (Å²) in [6.45, 7) is 0.101. The molecule has 2 aromatic rings. The molecule has 1 aromatic carbocycles. The maximum atomic E-state index is 12.3. The predicted molar refractivity (Wildman–Crippen MR) is 92.0 cm³/mol. The topological polar surface area (TPSA) is 94.4 Å². The number of ether oxygens (including phenoxy) is 1. The van der Waals surface area contributed by atoms with Gasteiger partial charge in [-0.25, -0.2) is 0 Å². The van der Waals surface area contributed by atoms with Crippen molar-refractivity contribution in [3.05, 3.63) is 34.6 Å². The molecular weight excluding hydrogens is 336 g/mol. The van der Waals surface area contributed by atoms with Gasteiger partial charge in [0, 0.05) is 19.0 Å². The van der Waals surface area contributed by atoms with Crippen LogP contribution in [0.15, 0.2) is 29.1 Å². The maximum Gasteiger partial charge on any atom is 0.313 e. The van der Waals surface area contributed by atoms with Gasteiger partial charge in [-0.2, -0.15) is 4.68 Å². The Kier molecular flexibility index (Phi) is 4.40. The average Bonchev–Trinajstić information content (AvgIpc) is 3.30. The number of aromatic nitrogens is 3. The fraction of sp³-hybridized carbons (Fsp3) is 0.500. The van der Waals surface area contributed by atoms with Gasteiger partial charge in [-0.1, -0.05) is 30.2 Å². The highest BCUT2D eigenvalue weighted by molar-refractivity contribution is 5.87. The van der Waals surface area contributed by atoms with E-state index in [1.807, 2.05) is 4.90 Å². The molecule has 1 saturated carbocycles. The molecule has 8 nitrogen and oxygen atoms in total. The summed E-state index contributed by atoms with van der Waals surface area (Å²) in [5, 5.41) is 8.17. The van der Waals surface area contributed by atoms with Gasteiger partial charge in [0.1, 0.15) is 5.52 Å². The van der Waals surface area contributed by atoms with Gasteiger partial charge >= 0.3 is 5.97 Å². The lowest BCUT2D eigenvalue weighted by Gasteiger charge is -2.23. The second-order valence-corrected chi connectivity index (χ2v) is 6.89. The molecule has 26 heavy (non-hydrogen) atoms. The van der Waals surface area contributed by atoms with Crippen molar-refractivity contribution in [3.8, 4) is 0 Å². The maximum absolute atomic E-state index is 12.3. The molecule has 2 fully saturated rings. The van der Waals surface area contributed by atoms with E-state index in [-0.39, 0.29) is 30.7 Å². The van der Waals surface area contributed by atoms with Crippen molar-refractivity contribution in [2.45, 2.75) is 44.9 Å². The number of amides is 1. The Labute approximate surface area is 149 Å². The number of hydrogen-bond acceptors (Lipinski definition) is 6. The first-order valence-corrected chi connectivity index (χ1v) is 8.92. The van der Waals surface area contributed by atoms with Crippen LogP contribution in [0.4, 0.5) is 0 Å². The number of carbonyl (C=O) groups excluding carboxylic acids is 2. The molecule has 1 aliphatic carbocycles. The zero-order chi connectivity index (χ0) is 18.1. The van der Waals surface area contributed by atoms with Crippen molar-refractivity contribution in [2.24, 2.45) is 5.92 Å². The van der Waals surface area contributed by atoms with E-state index in [1.165, 1.54) is 0 Å². The fourth-order valence-corrected chi connectivity index (χ4v) is 3.81. The molecule has 136 valence electrons. The van der Waals surface area contributed by atoms with Crippen LogP contribution in [0.2, 0.25) is 0 Å². The number of rotatable bonds is 4. The van der Waals surface area contributed by atoms with E-state index in [0.29, 0.717) is 17.4 Å². The molecule has 1 amide bonds. The molecule has 1 aliphatic heterocycles. The third-order valence-electron chi connectivity index (χ3n) is 5.22. The summed E-state index contributed by atoms with van der Waals surface area (Å²) in [7, 11) is 0. The van der Waals surface area contributed by atoms with Crippen LogP contribution in [0.5, 0.6) is 0 Å². The summed E-state index contributed by atoms with van der Waals surface area (Å²) in [4.78, 5) is 38.7. The normalized spacial score (nSPS) is 20.8. The lowest BCUT2D eigenvalue weighted by atomic mass is 10.1. The van der Waals surface area contributed by atoms with Crippen molar-refractivity contribution >= 4 is 22.8 Å². The van der Waals surface area contributed by atoms with E-state index in [2.05, 4.69) is 10.3 Å². The third kappa shape index (κ3) is 3.07. The highest BCUT2D eigenvalue weighted by Gasteiger charge is 2.39. The molecule has 4 rings (SSSR count). The van der Waals surface area contributed by atoms with Crippen LogP contribution in [0, 0.1) is 5.92 Å². The quantitative estimate of drug-likeness (QED) is 0.761. The summed E-state index contributed by atoms with van der Waals surface area (Å²) in [6.07, 6.45) is 4.46. The van der Waals surface area contributed by atoms with Gasteiger partial charge < -0.3 is 9.64 Å². The summed E-state index contributed by atoms with van der Waals surface area (Å²) in [5.41, 5.74) is 0.132. The molecule has 1 saturated heterocycles. The fourth-order valence-electron chi connectivity index (χ4n) is 3.81. The predicted octanol–water partition coefficient (Wildman–Crippen LogP) is 1.08. The summed E-state index contributed by atoms with van der Waals surface area (Å²) in [6, 6.07) is 7.12. The van der Waals surface area contributed by atoms with Crippen molar-refractivity contribution in [1.82, 2.24) is 19.9 Å². The van der Waals surface area contributed by atoms with Crippen molar-refractivity contribution in [1.29, 1.82) is 0 Å². The highest BCUT2D eigenvalue weighted by Crippen LogP contribution is 2.29. The van der Waals surface area contributed by atoms with Crippen LogP contribution in [0.25, 0.3) is 10.9 Å². The first-order chi connectivity index (χ1) is 12.6. The summed E-state index contributed by atoms with van der Waals surface area (Å²) in [5.74, 6) is -0.936. The molecule has 2 aliphatic rings. The van der Waals surface area contributed by atoms with E-state index in [9.17, 15) is 14.4 Å². The van der Waals surface area contributed by atoms with Gasteiger partial charge in [-0.3, -0.25) is 14.4 Å². The van der Waals surface area contributed by atoms with Crippen LogP contribution < -0.4 is 5.56 Å². The SMILES string of the molecule is O=C(OCn1nnc2ccccc2c1=O)[C@H]1CC(=O)N(C2CCCC2)C1. The zero-order valence-corrected chi connectivity index (χ0v) is 14.3. The number of benzene rings is 1. The second kappa shape index (κ2) is 6.86. The Morgan fingerprint density at radius 2 is 1.96 bits per heavy atom. The molecule has 1 aromatic heterocycles. The Hall–Kier alpha value is -2.77. The smallest absolute Gasteiger partial charge is 0.313 e. The summed E-state index contributed by atoms with van der Waals surface area (Å²) < 4.78 is 6.26. The first-order valence-electron chi connectivity index (χ1n) is 8.92. The van der Waals surface area contributed by atoms with Crippen molar-refractivity contribution < 1.29 is 14.3 Å². The second-order valence-electron chi connectivity index (χ2n) is 6.89. The van der Waals surface area contributed by atoms with E-state index < -0.39 is 11.9 Å². The van der Waals surface area contributed by atoms with Crippen LogP contribution in [0.3, 0.4) is 0 Å². The largest absolute Gasteiger partial charge is 0.442 e.